The number of rotatable bonds is 5. The summed E-state index contributed by atoms with van der Waals surface area (Å²) >= 11 is 5.67. The highest BCUT2D eigenvalue weighted by atomic mass is 35.5. The van der Waals surface area contributed by atoms with Crippen LogP contribution >= 0.6 is 11.6 Å². The number of anilines is 1. The molecule has 0 radical (unpaired) electrons. The molecule has 2 N–H and O–H groups in total. The molecule has 0 aliphatic rings. The Kier molecular flexibility index (Phi) is 4.89. The first-order chi connectivity index (χ1) is 8.68. The largest absolute Gasteiger partial charge is 0.481 e. The van der Waals surface area contributed by atoms with E-state index in [0.29, 0.717) is 0 Å². The van der Waals surface area contributed by atoms with Crippen LogP contribution in [0, 0.1) is 11.2 Å². The molecule has 0 bridgehead atoms. The van der Waals surface area contributed by atoms with Crippen molar-refractivity contribution in [1.29, 1.82) is 0 Å². The van der Waals surface area contributed by atoms with E-state index in [-0.39, 0.29) is 29.5 Å². The van der Waals surface area contributed by atoms with Crippen molar-refractivity contribution in [3.05, 3.63) is 29.0 Å². The normalized spacial score (nSPS) is 11.2. The molecule has 4 nitrogen and oxygen atoms in total. The van der Waals surface area contributed by atoms with Crippen molar-refractivity contribution in [1.82, 2.24) is 0 Å². The molecule has 0 unspecified atom stereocenters. The lowest BCUT2D eigenvalue weighted by atomic mass is 9.85. The number of carbonyl (C=O) groups is 2. The lowest BCUT2D eigenvalue weighted by Gasteiger charge is -2.21. The van der Waals surface area contributed by atoms with E-state index in [9.17, 15) is 14.0 Å². The third kappa shape index (κ3) is 5.70. The number of benzene rings is 1. The van der Waals surface area contributed by atoms with Crippen molar-refractivity contribution in [2.75, 3.05) is 5.32 Å². The van der Waals surface area contributed by atoms with Gasteiger partial charge in [-0.05, 0) is 23.6 Å². The zero-order valence-electron chi connectivity index (χ0n) is 10.7. The molecule has 0 aliphatic heterocycles. The molecule has 0 aromatic heterocycles. The molecule has 1 aromatic carbocycles. The zero-order chi connectivity index (χ0) is 14.6. The third-order valence-electron chi connectivity index (χ3n) is 2.42. The van der Waals surface area contributed by atoms with Gasteiger partial charge in [0.25, 0.3) is 0 Å². The fraction of sp³-hybridized carbons (Fsp3) is 0.385. The maximum Gasteiger partial charge on any atom is 0.303 e. The van der Waals surface area contributed by atoms with Gasteiger partial charge in [-0.15, -0.1) is 0 Å². The smallest absolute Gasteiger partial charge is 0.303 e. The maximum atomic E-state index is 13.1. The van der Waals surface area contributed by atoms with Crippen LogP contribution in [0.15, 0.2) is 18.2 Å². The molecule has 0 fully saturated rings. The van der Waals surface area contributed by atoms with Crippen LogP contribution in [0.1, 0.15) is 26.7 Å². The Morgan fingerprint density at radius 1 is 1.32 bits per heavy atom. The third-order valence-corrected chi connectivity index (χ3v) is 2.63. The molecule has 19 heavy (non-hydrogen) atoms. The maximum absolute atomic E-state index is 13.1. The van der Waals surface area contributed by atoms with Gasteiger partial charge >= 0.3 is 5.97 Å². The second kappa shape index (κ2) is 6.02. The predicted octanol–water partition coefficient (Wildman–Crippen LogP) is 3.31. The molecule has 0 atom stereocenters. The first kappa shape index (κ1) is 15.4. The Morgan fingerprint density at radius 2 is 1.95 bits per heavy atom. The van der Waals surface area contributed by atoms with E-state index in [2.05, 4.69) is 5.32 Å². The minimum absolute atomic E-state index is 0.0213. The van der Waals surface area contributed by atoms with Crippen LogP contribution in [-0.4, -0.2) is 17.0 Å². The van der Waals surface area contributed by atoms with E-state index in [0.717, 1.165) is 12.1 Å². The molecule has 104 valence electrons. The van der Waals surface area contributed by atoms with Gasteiger partial charge in [0.1, 0.15) is 5.82 Å². The quantitative estimate of drug-likeness (QED) is 0.873. The number of carboxylic acids is 1. The summed E-state index contributed by atoms with van der Waals surface area (Å²) in [6, 6.07) is 3.70. The Morgan fingerprint density at radius 3 is 2.47 bits per heavy atom. The van der Waals surface area contributed by atoms with E-state index < -0.39 is 17.2 Å². The van der Waals surface area contributed by atoms with Gasteiger partial charge in [-0.3, -0.25) is 9.59 Å². The van der Waals surface area contributed by atoms with E-state index >= 15 is 0 Å². The van der Waals surface area contributed by atoms with Crippen molar-refractivity contribution in [2.24, 2.45) is 5.41 Å². The number of hydrogen-bond donors (Lipinski definition) is 2. The standard InChI is InChI=1S/C13H15ClFNO3/c1-13(2,7-12(18)19)6-11(17)16-10-4-8(14)3-9(15)5-10/h3-5H,6-7H2,1-2H3,(H,16,17)(H,18,19). The second-order valence-corrected chi connectivity index (χ2v) is 5.55. The van der Waals surface area contributed by atoms with Gasteiger partial charge in [-0.1, -0.05) is 25.4 Å². The summed E-state index contributed by atoms with van der Waals surface area (Å²) in [5.41, 5.74) is -0.423. The number of nitrogens with one attached hydrogen (secondary N) is 1. The summed E-state index contributed by atoms with van der Waals surface area (Å²) < 4.78 is 13.1. The van der Waals surface area contributed by atoms with E-state index in [1.165, 1.54) is 6.07 Å². The van der Waals surface area contributed by atoms with Crippen LogP contribution in [0.5, 0.6) is 0 Å². The molecule has 0 heterocycles. The first-order valence-electron chi connectivity index (χ1n) is 5.66. The number of carbonyl (C=O) groups excluding carboxylic acids is 1. The van der Waals surface area contributed by atoms with Crippen molar-refractivity contribution in [3.63, 3.8) is 0 Å². The molecule has 6 heteroatoms. The summed E-state index contributed by atoms with van der Waals surface area (Å²) in [6.45, 7) is 3.36. The number of hydrogen-bond acceptors (Lipinski definition) is 2. The van der Waals surface area contributed by atoms with Crippen LogP contribution in [0.2, 0.25) is 5.02 Å². The SMILES string of the molecule is CC(C)(CC(=O)O)CC(=O)Nc1cc(F)cc(Cl)c1. The Bertz CT molecular complexity index is 482. The number of halogens is 2. The van der Waals surface area contributed by atoms with Crippen LogP contribution in [0.4, 0.5) is 10.1 Å². The van der Waals surface area contributed by atoms with Gasteiger partial charge in [0.15, 0.2) is 0 Å². The van der Waals surface area contributed by atoms with Crippen LogP contribution < -0.4 is 5.32 Å². The fourth-order valence-corrected chi connectivity index (χ4v) is 1.96. The molecule has 0 saturated carbocycles. The molecule has 1 amide bonds. The molecular weight excluding hydrogens is 273 g/mol. The second-order valence-electron chi connectivity index (χ2n) is 5.12. The number of amides is 1. The van der Waals surface area contributed by atoms with E-state index in [4.69, 9.17) is 16.7 Å². The average Bonchev–Trinajstić information content (AvgIpc) is 2.10. The minimum atomic E-state index is -0.966. The van der Waals surface area contributed by atoms with Gasteiger partial charge in [-0.2, -0.15) is 0 Å². The summed E-state index contributed by atoms with van der Waals surface area (Å²) in [4.78, 5) is 22.4. The summed E-state index contributed by atoms with van der Waals surface area (Å²) in [6.07, 6.45) is -0.0994. The highest BCUT2D eigenvalue weighted by Crippen LogP contribution is 2.26. The molecule has 1 rings (SSSR count). The number of aliphatic carboxylic acids is 1. The average molecular weight is 288 g/mol. The monoisotopic (exact) mass is 287 g/mol. The highest BCUT2D eigenvalue weighted by Gasteiger charge is 2.25. The predicted molar refractivity (Wildman–Crippen MR) is 70.7 cm³/mol. The first-order valence-corrected chi connectivity index (χ1v) is 6.03. The summed E-state index contributed by atoms with van der Waals surface area (Å²) in [5, 5.41) is 11.4. The fourth-order valence-electron chi connectivity index (χ4n) is 1.74. The van der Waals surface area contributed by atoms with Crippen molar-refractivity contribution >= 4 is 29.2 Å². The molecule has 0 saturated heterocycles. The van der Waals surface area contributed by atoms with Gasteiger partial charge in [0, 0.05) is 17.1 Å². The van der Waals surface area contributed by atoms with Crippen molar-refractivity contribution in [2.45, 2.75) is 26.7 Å². The minimum Gasteiger partial charge on any atom is -0.481 e. The van der Waals surface area contributed by atoms with Crippen LogP contribution in [0.25, 0.3) is 0 Å². The lowest BCUT2D eigenvalue weighted by molar-refractivity contribution is -0.139. The number of carboxylic acid groups (broad SMARTS) is 1. The topological polar surface area (TPSA) is 66.4 Å². The van der Waals surface area contributed by atoms with Crippen molar-refractivity contribution in [3.8, 4) is 0 Å². The molecule has 0 aliphatic carbocycles. The Hall–Kier alpha value is -1.62. The van der Waals surface area contributed by atoms with Crippen LogP contribution in [-0.2, 0) is 9.59 Å². The van der Waals surface area contributed by atoms with E-state index in [1.54, 1.807) is 13.8 Å². The summed E-state index contributed by atoms with van der Waals surface area (Å²) in [5.74, 6) is -1.90. The molecular formula is C13H15ClFNO3. The Labute approximate surface area is 115 Å². The molecule has 1 aromatic rings. The Balaban J connectivity index is 2.67. The van der Waals surface area contributed by atoms with Crippen LogP contribution in [0.3, 0.4) is 0 Å². The van der Waals surface area contributed by atoms with E-state index in [1.807, 2.05) is 0 Å². The lowest BCUT2D eigenvalue weighted by Crippen LogP contribution is -2.24. The summed E-state index contributed by atoms with van der Waals surface area (Å²) in [7, 11) is 0. The zero-order valence-corrected chi connectivity index (χ0v) is 11.4. The molecule has 0 spiro atoms. The van der Waals surface area contributed by atoms with Crippen molar-refractivity contribution < 1.29 is 19.1 Å². The van der Waals surface area contributed by atoms with Gasteiger partial charge in [0.2, 0.25) is 5.91 Å². The van der Waals surface area contributed by atoms with Gasteiger partial charge in [0.05, 0.1) is 6.42 Å². The highest BCUT2D eigenvalue weighted by molar-refractivity contribution is 6.30. The van der Waals surface area contributed by atoms with Gasteiger partial charge in [-0.25, -0.2) is 4.39 Å². The van der Waals surface area contributed by atoms with Gasteiger partial charge < -0.3 is 10.4 Å².